The van der Waals surface area contributed by atoms with Crippen molar-refractivity contribution in [2.75, 3.05) is 38.7 Å². The maximum absolute atomic E-state index is 13.1. The number of sulfonamides is 1. The molecule has 9 nitrogen and oxygen atoms in total. The molecular formula is C21H24N2O7S. The molecule has 0 aromatic heterocycles. The summed E-state index contributed by atoms with van der Waals surface area (Å²) in [6.45, 7) is 3.83. The first-order chi connectivity index (χ1) is 14.8. The van der Waals surface area contributed by atoms with Crippen LogP contribution in [0.5, 0.6) is 11.5 Å². The number of benzene rings is 2. The van der Waals surface area contributed by atoms with Gasteiger partial charge in [0.15, 0.2) is 11.5 Å². The van der Waals surface area contributed by atoms with E-state index < -0.39 is 21.9 Å². The van der Waals surface area contributed by atoms with Gasteiger partial charge in [0.2, 0.25) is 15.9 Å². The molecule has 2 aromatic rings. The summed E-state index contributed by atoms with van der Waals surface area (Å²) in [5, 5.41) is 2.68. The van der Waals surface area contributed by atoms with Gasteiger partial charge in [-0.25, -0.2) is 13.2 Å². The molecule has 0 unspecified atom stereocenters. The van der Waals surface area contributed by atoms with Crippen LogP contribution >= 0.6 is 0 Å². The number of ether oxygens (including phenoxy) is 3. The number of fused-ring (bicyclic) bond motifs is 1. The number of methoxy groups -OCH3 is 1. The van der Waals surface area contributed by atoms with E-state index in [1.54, 1.807) is 32.0 Å². The first-order valence-corrected chi connectivity index (χ1v) is 11.1. The van der Waals surface area contributed by atoms with Gasteiger partial charge in [-0.2, -0.15) is 4.31 Å². The van der Waals surface area contributed by atoms with Crippen molar-refractivity contribution in [2.45, 2.75) is 18.7 Å². The molecule has 166 valence electrons. The minimum atomic E-state index is -3.96. The lowest BCUT2D eigenvalue weighted by atomic mass is 10.1. The third-order valence-electron chi connectivity index (χ3n) is 4.71. The van der Waals surface area contributed by atoms with E-state index in [2.05, 4.69) is 10.1 Å². The normalized spacial score (nSPS) is 13.0. The second-order valence-corrected chi connectivity index (χ2v) is 8.72. The fraction of sp³-hybridized carbons (Fsp3) is 0.333. The van der Waals surface area contributed by atoms with Crippen molar-refractivity contribution >= 4 is 27.6 Å². The first-order valence-electron chi connectivity index (χ1n) is 9.65. The zero-order valence-corrected chi connectivity index (χ0v) is 18.3. The van der Waals surface area contributed by atoms with Crippen LogP contribution in [-0.4, -0.2) is 58.0 Å². The Kier molecular flexibility index (Phi) is 6.81. The molecule has 1 aliphatic rings. The van der Waals surface area contributed by atoms with Gasteiger partial charge in [0.1, 0.15) is 13.2 Å². The van der Waals surface area contributed by atoms with E-state index in [-0.39, 0.29) is 23.5 Å². The summed E-state index contributed by atoms with van der Waals surface area (Å²) >= 11 is 0. The highest BCUT2D eigenvalue weighted by molar-refractivity contribution is 7.89. The molecule has 0 atom stereocenters. The quantitative estimate of drug-likeness (QED) is 0.647. The van der Waals surface area contributed by atoms with Gasteiger partial charge in [0.05, 0.1) is 24.1 Å². The number of amides is 1. The van der Waals surface area contributed by atoms with Crippen LogP contribution in [0.3, 0.4) is 0 Å². The molecule has 10 heteroatoms. The molecule has 0 aliphatic carbocycles. The minimum absolute atomic E-state index is 0.0223. The number of nitrogens with one attached hydrogen (secondary N) is 1. The number of hydrogen-bond acceptors (Lipinski definition) is 7. The Morgan fingerprint density at radius 2 is 1.81 bits per heavy atom. The van der Waals surface area contributed by atoms with E-state index in [4.69, 9.17) is 9.47 Å². The van der Waals surface area contributed by atoms with Crippen molar-refractivity contribution in [3.05, 3.63) is 47.5 Å². The van der Waals surface area contributed by atoms with Gasteiger partial charge in [-0.05, 0) is 42.8 Å². The molecule has 31 heavy (non-hydrogen) atoms. The van der Waals surface area contributed by atoms with E-state index in [0.717, 1.165) is 4.31 Å². The van der Waals surface area contributed by atoms with Crippen molar-refractivity contribution < 1.29 is 32.2 Å². The van der Waals surface area contributed by atoms with Gasteiger partial charge in [-0.15, -0.1) is 0 Å². The van der Waals surface area contributed by atoms with Crippen LogP contribution in [0, 0.1) is 6.92 Å². The molecular weight excluding hydrogens is 424 g/mol. The highest BCUT2D eigenvalue weighted by atomic mass is 32.2. The average Bonchev–Trinajstić information content (AvgIpc) is 2.76. The first kappa shape index (κ1) is 22.6. The number of aryl methyl sites for hydroxylation is 1. The predicted molar refractivity (Wildman–Crippen MR) is 113 cm³/mol. The van der Waals surface area contributed by atoms with Gasteiger partial charge in [0.25, 0.3) is 0 Å². The zero-order valence-electron chi connectivity index (χ0n) is 17.5. The van der Waals surface area contributed by atoms with Gasteiger partial charge < -0.3 is 19.5 Å². The van der Waals surface area contributed by atoms with Crippen LogP contribution in [0.25, 0.3) is 0 Å². The second kappa shape index (κ2) is 9.36. The van der Waals surface area contributed by atoms with Gasteiger partial charge >= 0.3 is 5.97 Å². The van der Waals surface area contributed by atoms with E-state index in [9.17, 15) is 18.0 Å². The Hall–Kier alpha value is -3.11. The van der Waals surface area contributed by atoms with Crippen molar-refractivity contribution in [2.24, 2.45) is 0 Å². The average molecular weight is 448 g/mol. The second-order valence-electron chi connectivity index (χ2n) is 6.81. The van der Waals surface area contributed by atoms with Crippen molar-refractivity contribution in [1.82, 2.24) is 4.31 Å². The number of anilines is 1. The molecule has 2 aromatic carbocycles. The SMILES string of the molecule is CCN(CC(=O)Nc1ccc2c(c1)OCCO2)S(=O)(=O)c1ccc(C(=O)OC)cc1C. The Morgan fingerprint density at radius 1 is 1.10 bits per heavy atom. The topological polar surface area (TPSA) is 111 Å². The largest absolute Gasteiger partial charge is 0.486 e. The highest BCUT2D eigenvalue weighted by Gasteiger charge is 2.27. The molecule has 0 bridgehead atoms. The lowest BCUT2D eigenvalue weighted by Gasteiger charge is -2.22. The van der Waals surface area contributed by atoms with Crippen LogP contribution in [0.2, 0.25) is 0 Å². The molecule has 1 amide bonds. The number of hydrogen-bond donors (Lipinski definition) is 1. The molecule has 0 saturated carbocycles. The van der Waals surface area contributed by atoms with Crippen LogP contribution in [-0.2, 0) is 19.6 Å². The Labute approximate surface area is 181 Å². The van der Waals surface area contributed by atoms with Crippen LogP contribution < -0.4 is 14.8 Å². The summed E-state index contributed by atoms with van der Waals surface area (Å²) in [6, 6.07) is 9.15. The minimum Gasteiger partial charge on any atom is -0.486 e. The molecule has 1 heterocycles. The molecule has 1 aliphatic heterocycles. The third-order valence-corrected chi connectivity index (χ3v) is 6.79. The number of likely N-dealkylation sites (N-methyl/N-ethyl adjacent to an activating group) is 1. The summed E-state index contributed by atoms with van der Waals surface area (Å²) < 4.78 is 42.9. The number of rotatable bonds is 7. The maximum Gasteiger partial charge on any atom is 0.337 e. The smallest absolute Gasteiger partial charge is 0.337 e. The Morgan fingerprint density at radius 3 is 2.45 bits per heavy atom. The third kappa shape index (κ3) is 4.97. The number of nitrogens with zero attached hydrogens (tertiary/aromatic N) is 1. The number of esters is 1. The predicted octanol–water partition coefficient (Wildman–Crippen LogP) is 2.20. The van der Waals surface area contributed by atoms with Gasteiger partial charge in [0, 0.05) is 18.3 Å². The molecule has 0 fully saturated rings. The molecule has 1 N–H and O–H groups in total. The van der Waals surface area contributed by atoms with E-state index >= 15 is 0 Å². The summed E-state index contributed by atoms with van der Waals surface area (Å²) in [6.07, 6.45) is 0. The lowest BCUT2D eigenvalue weighted by molar-refractivity contribution is -0.116. The van der Waals surface area contributed by atoms with E-state index in [1.165, 1.54) is 25.3 Å². The zero-order chi connectivity index (χ0) is 22.6. The van der Waals surface area contributed by atoms with E-state index in [0.29, 0.717) is 36.0 Å². The Bertz CT molecular complexity index is 1100. The van der Waals surface area contributed by atoms with Gasteiger partial charge in [-0.1, -0.05) is 6.92 Å². The number of carbonyl (C=O) groups is 2. The van der Waals surface area contributed by atoms with Crippen molar-refractivity contribution in [1.29, 1.82) is 0 Å². The summed E-state index contributed by atoms with van der Waals surface area (Å²) in [4.78, 5) is 24.2. The molecule has 0 spiro atoms. The molecule has 0 radical (unpaired) electrons. The Balaban J connectivity index is 1.75. The van der Waals surface area contributed by atoms with Crippen molar-refractivity contribution in [3.8, 4) is 11.5 Å². The van der Waals surface area contributed by atoms with Gasteiger partial charge in [-0.3, -0.25) is 4.79 Å². The summed E-state index contributed by atoms with van der Waals surface area (Å²) in [7, 11) is -2.71. The maximum atomic E-state index is 13.1. The summed E-state index contributed by atoms with van der Waals surface area (Å²) in [5.41, 5.74) is 1.10. The van der Waals surface area contributed by atoms with Crippen LogP contribution in [0.15, 0.2) is 41.3 Å². The fourth-order valence-electron chi connectivity index (χ4n) is 3.17. The van der Waals surface area contributed by atoms with Crippen molar-refractivity contribution in [3.63, 3.8) is 0 Å². The number of carbonyl (C=O) groups excluding carboxylic acids is 2. The highest BCUT2D eigenvalue weighted by Crippen LogP contribution is 2.32. The fourth-order valence-corrected chi connectivity index (χ4v) is 4.78. The monoisotopic (exact) mass is 448 g/mol. The summed E-state index contributed by atoms with van der Waals surface area (Å²) in [5.74, 6) is 0.0577. The van der Waals surface area contributed by atoms with Crippen LogP contribution in [0.1, 0.15) is 22.8 Å². The van der Waals surface area contributed by atoms with E-state index in [1.807, 2.05) is 0 Å². The lowest BCUT2D eigenvalue weighted by Crippen LogP contribution is -2.38. The van der Waals surface area contributed by atoms with Crippen LogP contribution in [0.4, 0.5) is 5.69 Å². The molecule has 3 rings (SSSR count). The molecule has 0 saturated heterocycles. The standard InChI is InChI=1S/C21H24N2O7S/c1-4-23(31(26,27)19-8-5-15(11-14(19)2)21(25)28-3)13-20(24)22-16-6-7-17-18(12-16)30-10-9-29-17/h5-8,11-12H,4,9-10,13H2,1-3H3,(H,22,24).